The van der Waals surface area contributed by atoms with E-state index in [4.69, 9.17) is 51.5 Å². The Bertz CT molecular complexity index is 3660. The van der Waals surface area contributed by atoms with Crippen molar-refractivity contribution >= 4 is 38.2 Å². The summed E-state index contributed by atoms with van der Waals surface area (Å²) in [6.07, 6.45) is 13.1. The Labute approximate surface area is 626 Å². The Hall–Kier alpha value is -7.38. The number of ether oxygens (including phenoxy) is 9. The summed E-state index contributed by atoms with van der Waals surface area (Å²) in [5.41, 5.74) is 6.91. The highest BCUT2D eigenvalue weighted by Crippen LogP contribution is 2.49. The SMILES string of the molecule is CCCCCCCCCC[C@H](C)[C@@H](OCc1ccc(OC)cc1)[C@@H](C)/C=C(\C)C1=C(C)C(O[Si](c2ccccc2)(c2ccccc2)c2ccccc2)C(C)(/C=C(\C)C(=O)O[C@H](COCc2ccc(OC)cc2)[C@@H](OCc2ccc(OC)cc2)[C@@H](CO[Si](C)(C)C(C)(C)C)OCc2ccc(OC)cc2)C1. The molecule has 1 aliphatic rings. The molecule has 0 saturated heterocycles. The zero-order chi connectivity index (χ0) is 74.7. The molecule has 14 heteroatoms. The predicted molar refractivity (Wildman–Crippen MR) is 428 cm³/mol. The van der Waals surface area contributed by atoms with Crippen molar-refractivity contribution in [3.05, 3.63) is 245 Å². The number of rotatable bonds is 43. The molecule has 7 aromatic rings. The van der Waals surface area contributed by atoms with Gasteiger partial charge in [-0.2, -0.15) is 0 Å². The minimum absolute atomic E-state index is 0.0430. The summed E-state index contributed by atoms with van der Waals surface area (Å²) in [7, 11) is 0.801. The molecule has 0 aromatic heterocycles. The van der Waals surface area contributed by atoms with Crippen LogP contribution in [0.2, 0.25) is 18.1 Å². The molecule has 12 nitrogen and oxygen atoms in total. The highest BCUT2D eigenvalue weighted by atomic mass is 28.4. The van der Waals surface area contributed by atoms with Crippen molar-refractivity contribution in [3.8, 4) is 23.0 Å². The Morgan fingerprint density at radius 1 is 0.538 bits per heavy atom. The van der Waals surface area contributed by atoms with Gasteiger partial charge in [0.25, 0.3) is 8.32 Å². The van der Waals surface area contributed by atoms with E-state index < -0.39 is 52.4 Å². The first-order valence-electron chi connectivity index (χ1n) is 37.8. The Kier molecular flexibility index (Phi) is 31.9. The number of carbonyl (C=O) groups is 1. The zero-order valence-corrected chi connectivity index (χ0v) is 67.3. The molecule has 0 N–H and O–H groups in total. The van der Waals surface area contributed by atoms with Crippen molar-refractivity contribution in [2.75, 3.05) is 41.7 Å². The topological polar surface area (TPSA) is 119 Å². The average Bonchev–Trinajstić information content (AvgIpc) is 1.48. The lowest BCUT2D eigenvalue weighted by Crippen LogP contribution is -2.71. The number of esters is 1. The Morgan fingerprint density at radius 3 is 1.38 bits per heavy atom. The summed E-state index contributed by atoms with van der Waals surface area (Å²) in [5, 5.41) is 3.21. The van der Waals surface area contributed by atoms with Gasteiger partial charge in [0.15, 0.2) is 14.4 Å². The standard InChI is InChI=1S/C90H120O12Si2/c1-17-18-19-20-21-22-23-27-34-66(2)85(98-62-73-45-53-77(94-13)54-46-73)68(4)57-67(3)82-59-90(10,87(70(82)6)102-104(79-35-28-24-29-36-79,80-37-30-25-31-38-80)81-39-32-26-33-40-81)58-69(5)88(91)101-84(64-96-60-71-41-49-75(92-11)50-42-71)86(99-63-74-47-55-78(95-14)56-48-74)83(65-100-103(15,16)89(7,8)9)97-61-72-43-51-76(93-12)52-44-72/h24-26,28-33,35-58,66,68,83-87H,17-23,27,34,59-65H2,1-16H3/b67-57+,69-58+/t66-,68-,83+,84+,85+,86-,87?,90?/m0/s1. The average molecular weight is 1450 g/mol. The summed E-state index contributed by atoms with van der Waals surface area (Å²) >= 11 is 0. The lowest BCUT2D eigenvalue weighted by atomic mass is 9.81. The Morgan fingerprint density at radius 2 is 0.952 bits per heavy atom. The number of allylic oxidation sites excluding steroid dienone is 2. The van der Waals surface area contributed by atoms with Crippen LogP contribution >= 0.6 is 0 Å². The van der Waals surface area contributed by atoms with Gasteiger partial charge in [0.05, 0.1) is 80.3 Å². The molecule has 0 fully saturated rings. The second-order valence-corrected chi connectivity index (χ2v) is 38.4. The molecule has 0 bridgehead atoms. The summed E-state index contributed by atoms with van der Waals surface area (Å²) < 4.78 is 72.8. The van der Waals surface area contributed by atoms with Crippen molar-refractivity contribution in [1.29, 1.82) is 0 Å². The minimum Gasteiger partial charge on any atom is -0.497 e. The smallest absolute Gasteiger partial charge is 0.333 e. The third kappa shape index (κ3) is 23.1. The van der Waals surface area contributed by atoms with Crippen LogP contribution in [0.1, 0.15) is 156 Å². The highest BCUT2D eigenvalue weighted by molar-refractivity contribution is 7.07. The maximum Gasteiger partial charge on any atom is 0.333 e. The molecule has 0 aliphatic heterocycles. The van der Waals surface area contributed by atoms with Gasteiger partial charge in [-0.15, -0.1) is 0 Å². The van der Waals surface area contributed by atoms with Gasteiger partial charge in [-0.25, -0.2) is 4.79 Å². The first kappa shape index (κ1) is 82.3. The number of benzene rings is 7. The van der Waals surface area contributed by atoms with Gasteiger partial charge in [-0.1, -0.05) is 257 Å². The molecule has 0 heterocycles. The van der Waals surface area contributed by atoms with E-state index in [1.54, 1.807) is 28.4 Å². The fourth-order valence-electron chi connectivity index (χ4n) is 14.1. The molecule has 0 radical (unpaired) electrons. The lowest BCUT2D eigenvalue weighted by molar-refractivity contribution is -0.182. The Balaban J connectivity index is 1.23. The van der Waals surface area contributed by atoms with Gasteiger partial charge in [0, 0.05) is 16.9 Å². The third-order valence-corrected chi connectivity index (χ3v) is 29.8. The number of hydrogen-bond donors (Lipinski definition) is 0. The summed E-state index contributed by atoms with van der Waals surface area (Å²) in [6.45, 7) is 27.9. The zero-order valence-electron chi connectivity index (χ0n) is 65.3. The summed E-state index contributed by atoms with van der Waals surface area (Å²) in [4.78, 5) is 16.0. The van der Waals surface area contributed by atoms with Gasteiger partial charge >= 0.3 is 5.97 Å². The molecule has 8 atom stereocenters. The van der Waals surface area contributed by atoms with E-state index in [0.29, 0.717) is 24.5 Å². The van der Waals surface area contributed by atoms with Crippen LogP contribution in [0.25, 0.3) is 0 Å². The minimum atomic E-state index is -3.42. The molecular formula is C90H120O12Si2. The highest BCUT2D eigenvalue weighted by Gasteiger charge is 2.51. The third-order valence-electron chi connectivity index (χ3n) is 21.3. The van der Waals surface area contributed by atoms with Crippen LogP contribution in [0.5, 0.6) is 23.0 Å². The summed E-state index contributed by atoms with van der Waals surface area (Å²) in [5.74, 6) is 2.83. The van der Waals surface area contributed by atoms with Crippen molar-refractivity contribution < 1.29 is 56.3 Å². The van der Waals surface area contributed by atoms with Crippen molar-refractivity contribution in [3.63, 3.8) is 0 Å². The van der Waals surface area contributed by atoms with Crippen LogP contribution in [0.4, 0.5) is 0 Å². The van der Waals surface area contributed by atoms with Crippen molar-refractivity contribution in [2.24, 2.45) is 17.3 Å². The molecule has 0 amide bonds. The first-order valence-corrected chi connectivity index (χ1v) is 42.6. The van der Waals surface area contributed by atoms with E-state index in [1.807, 2.05) is 91.9 Å². The van der Waals surface area contributed by atoms with E-state index in [0.717, 1.165) is 84.8 Å². The molecule has 104 heavy (non-hydrogen) atoms. The predicted octanol–water partition coefficient (Wildman–Crippen LogP) is 19.4. The van der Waals surface area contributed by atoms with Crippen LogP contribution < -0.4 is 34.5 Å². The van der Waals surface area contributed by atoms with Crippen LogP contribution in [0, 0.1) is 17.3 Å². The number of methoxy groups -OCH3 is 4. The van der Waals surface area contributed by atoms with Crippen LogP contribution in [-0.4, -0.2) is 94.8 Å². The molecule has 8 rings (SSSR count). The second kappa shape index (κ2) is 40.4. The maximum atomic E-state index is 16.0. The van der Waals surface area contributed by atoms with Crippen LogP contribution in [0.3, 0.4) is 0 Å². The molecule has 1 aliphatic carbocycles. The number of hydrogen-bond acceptors (Lipinski definition) is 12. The largest absolute Gasteiger partial charge is 0.497 e. The first-order chi connectivity index (χ1) is 50.0. The molecule has 0 spiro atoms. The molecular weight excluding hydrogens is 1330 g/mol. The maximum absolute atomic E-state index is 16.0. The van der Waals surface area contributed by atoms with Gasteiger partial charge in [-0.05, 0) is 155 Å². The molecule has 560 valence electrons. The fourth-order valence-corrected chi connectivity index (χ4v) is 19.3. The van der Waals surface area contributed by atoms with E-state index in [2.05, 4.69) is 191 Å². The molecule has 0 saturated carbocycles. The van der Waals surface area contributed by atoms with Crippen molar-refractivity contribution in [1.82, 2.24) is 0 Å². The van der Waals surface area contributed by atoms with Gasteiger partial charge in [-0.3, -0.25) is 0 Å². The monoisotopic (exact) mass is 1450 g/mol. The van der Waals surface area contributed by atoms with Crippen LogP contribution in [-0.2, 0) is 63.8 Å². The van der Waals surface area contributed by atoms with Gasteiger partial charge in [0.2, 0.25) is 0 Å². The molecule has 2 unspecified atom stereocenters. The number of unbranched alkanes of at least 4 members (excludes halogenated alkanes) is 7. The molecule has 7 aromatic carbocycles. The fraction of sp³-hybridized carbons (Fsp3) is 0.456. The van der Waals surface area contributed by atoms with E-state index in [9.17, 15) is 0 Å². The van der Waals surface area contributed by atoms with E-state index in [-0.39, 0.29) is 50.1 Å². The lowest BCUT2D eigenvalue weighted by Gasteiger charge is -2.41. The van der Waals surface area contributed by atoms with E-state index >= 15 is 4.79 Å². The van der Waals surface area contributed by atoms with E-state index in [1.165, 1.54) is 50.5 Å². The van der Waals surface area contributed by atoms with Crippen LogP contribution in [0.15, 0.2) is 223 Å². The normalized spacial score (nSPS) is 17.1. The summed E-state index contributed by atoms with van der Waals surface area (Å²) in [6, 6.07) is 63.8. The van der Waals surface area contributed by atoms with Gasteiger partial charge < -0.3 is 51.5 Å². The van der Waals surface area contributed by atoms with Gasteiger partial charge in [0.1, 0.15) is 35.2 Å². The second-order valence-electron chi connectivity index (χ2n) is 30.2. The number of carbonyl (C=O) groups excluding carboxylic acids is 1. The van der Waals surface area contributed by atoms with Crippen molar-refractivity contribution in [2.45, 2.75) is 209 Å². The quantitative estimate of drug-likeness (QED) is 0.0119.